The van der Waals surface area contributed by atoms with E-state index >= 15 is 0 Å². The fourth-order valence-corrected chi connectivity index (χ4v) is 2.92. The van der Waals surface area contributed by atoms with Crippen molar-refractivity contribution in [3.63, 3.8) is 0 Å². The first-order chi connectivity index (χ1) is 11.6. The summed E-state index contributed by atoms with van der Waals surface area (Å²) in [5, 5.41) is 6.18. The van der Waals surface area contributed by atoms with Crippen LogP contribution in [0.15, 0.2) is 36.5 Å². The first-order valence-electron chi connectivity index (χ1n) is 8.34. The van der Waals surface area contributed by atoms with Crippen LogP contribution in [0.25, 0.3) is 0 Å². The predicted octanol–water partition coefficient (Wildman–Crippen LogP) is 2.86. The SMILES string of the molecule is Cc1cccc(C)c1Oc1ncccc1CNC(=O)[C@H]1CCCN1. The molecule has 2 aromatic rings. The van der Waals surface area contributed by atoms with E-state index in [9.17, 15) is 4.79 Å². The van der Waals surface area contributed by atoms with Gasteiger partial charge in [-0.05, 0) is 50.4 Å². The zero-order valence-electron chi connectivity index (χ0n) is 14.1. The molecule has 1 aromatic heterocycles. The molecule has 0 saturated carbocycles. The van der Waals surface area contributed by atoms with Gasteiger partial charge < -0.3 is 15.4 Å². The van der Waals surface area contributed by atoms with Crippen molar-refractivity contribution >= 4 is 5.91 Å². The maximum absolute atomic E-state index is 12.2. The largest absolute Gasteiger partial charge is 0.438 e. The van der Waals surface area contributed by atoms with Crippen molar-refractivity contribution < 1.29 is 9.53 Å². The third-order valence-corrected chi connectivity index (χ3v) is 4.29. The fourth-order valence-electron chi connectivity index (χ4n) is 2.92. The molecule has 5 heteroatoms. The number of hydrogen-bond donors (Lipinski definition) is 2. The number of para-hydroxylation sites is 1. The summed E-state index contributed by atoms with van der Waals surface area (Å²) in [4.78, 5) is 16.5. The van der Waals surface area contributed by atoms with Crippen molar-refractivity contribution in [3.05, 3.63) is 53.2 Å². The maximum Gasteiger partial charge on any atom is 0.237 e. The van der Waals surface area contributed by atoms with E-state index in [-0.39, 0.29) is 11.9 Å². The quantitative estimate of drug-likeness (QED) is 0.887. The molecule has 0 bridgehead atoms. The van der Waals surface area contributed by atoms with Crippen LogP contribution in [0.5, 0.6) is 11.6 Å². The van der Waals surface area contributed by atoms with Crippen LogP contribution in [0, 0.1) is 13.8 Å². The number of carbonyl (C=O) groups is 1. The van der Waals surface area contributed by atoms with Gasteiger partial charge in [-0.3, -0.25) is 4.79 Å². The molecule has 5 nitrogen and oxygen atoms in total. The number of nitrogens with one attached hydrogen (secondary N) is 2. The number of amides is 1. The van der Waals surface area contributed by atoms with Crippen LogP contribution in [0.2, 0.25) is 0 Å². The van der Waals surface area contributed by atoms with Gasteiger partial charge in [0.25, 0.3) is 0 Å². The van der Waals surface area contributed by atoms with E-state index < -0.39 is 0 Å². The lowest BCUT2D eigenvalue weighted by Gasteiger charge is -2.15. The second-order valence-corrected chi connectivity index (χ2v) is 6.16. The second-order valence-electron chi connectivity index (χ2n) is 6.16. The Labute approximate surface area is 142 Å². The highest BCUT2D eigenvalue weighted by Crippen LogP contribution is 2.29. The van der Waals surface area contributed by atoms with E-state index in [4.69, 9.17) is 4.74 Å². The smallest absolute Gasteiger partial charge is 0.237 e. The highest BCUT2D eigenvalue weighted by atomic mass is 16.5. The molecule has 0 unspecified atom stereocenters. The molecule has 1 saturated heterocycles. The minimum Gasteiger partial charge on any atom is -0.438 e. The van der Waals surface area contributed by atoms with Crippen LogP contribution >= 0.6 is 0 Å². The van der Waals surface area contributed by atoms with E-state index in [0.29, 0.717) is 12.4 Å². The van der Waals surface area contributed by atoms with Gasteiger partial charge in [0.05, 0.1) is 6.04 Å². The Balaban J connectivity index is 1.72. The van der Waals surface area contributed by atoms with Gasteiger partial charge in [-0.2, -0.15) is 0 Å². The number of rotatable bonds is 5. The number of ether oxygens (including phenoxy) is 1. The van der Waals surface area contributed by atoms with E-state index in [1.807, 2.05) is 44.2 Å². The van der Waals surface area contributed by atoms with Crippen molar-refractivity contribution in [2.24, 2.45) is 0 Å². The normalized spacial score (nSPS) is 16.8. The summed E-state index contributed by atoms with van der Waals surface area (Å²) < 4.78 is 6.05. The molecular formula is C19H23N3O2. The number of nitrogens with zero attached hydrogens (tertiary/aromatic N) is 1. The van der Waals surface area contributed by atoms with Gasteiger partial charge in [0.15, 0.2) is 0 Å². The lowest BCUT2D eigenvalue weighted by molar-refractivity contribution is -0.122. The summed E-state index contributed by atoms with van der Waals surface area (Å²) in [5.74, 6) is 1.39. The molecule has 0 spiro atoms. The van der Waals surface area contributed by atoms with E-state index in [1.165, 1.54) is 0 Å². The topological polar surface area (TPSA) is 63.2 Å². The van der Waals surface area contributed by atoms with E-state index in [0.717, 1.165) is 41.8 Å². The number of benzene rings is 1. The van der Waals surface area contributed by atoms with Crippen molar-refractivity contribution in [3.8, 4) is 11.6 Å². The van der Waals surface area contributed by atoms with Crippen LogP contribution in [-0.4, -0.2) is 23.5 Å². The summed E-state index contributed by atoms with van der Waals surface area (Å²) in [6.45, 7) is 5.34. The van der Waals surface area contributed by atoms with Gasteiger partial charge in [0, 0.05) is 18.3 Å². The Morgan fingerprint density at radius 2 is 2.08 bits per heavy atom. The molecule has 0 aliphatic carbocycles. The van der Waals surface area contributed by atoms with Crippen molar-refractivity contribution in [1.29, 1.82) is 0 Å². The number of carbonyl (C=O) groups excluding carboxylic acids is 1. The first kappa shape index (κ1) is 16.5. The Bertz CT molecular complexity index is 704. The van der Waals surface area contributed by atoms with Crippen LogP contribution in [0.3, 0.4) is 0 Å². The Kier molecular flexibility index (Phi) is 5.11. The first-order valence-corrected chi connectivity index (χ1v) is 8.34. The third-order valence-electron chi connectivity index (χ3n) is 4.29. The number of hydrogen-bond acceptors (Lipinski definition) is 4. The van der Waals surface area contributed by atoms with Crippen LogP contribution < -0.4 is 15.4 Å². The van der Waals surface area contributed by atoms with Gasteiger partial charge in [-0.15, -0.1) is 0 Å². The standard InChI is InChI=1S/C19H23N3O2/c1-13-6-3-7-14(2)17(13)24-19-15(8-4-11-21-19)12-22-18(23)16-9-5-10-20-16/h3-4,6-8,11,16,20H,5,9-10,12H2,1-2H3,(H,22,23)/t16-/m1/s1. The van der Waals surface area contributed by atoms with Gasteiger partial charge in [0.2, 0.25) is 11.8 Å². The van der Waals surface area contributed by atoms with Gasteiger partial charge in [0.1, 0.15) is 5.75 Å². The molecular weight excluding hydrogens is 302 g/mol. The van der Waals surface area contributed by atoms with Crippen molar-refractivity contribution in [2.75, 3.05) is 6.54 Å². The molecule has 1 aromatic carbocycles. The van der Waals surface area contributed by atoms with Crippen molar-refractivity contribution in [2.45, 2.75) is 39.3 Å². The van der Waals surface area contributed by atoms with E-state index in [1.54, 1.807) is 6.20 Å². The van der Waals surface area contributed by atoms with Crippen LogP contribution in [-0.2, 0) is 11.3 Å². The molecule has 1 aliphatic heterocycles. The summed E-state index contributed by atoms with van der Waals surface area (Å²) in [6.07, 6.45) is 3.64. The molecule has 24 heavy (non-hydrogen) atoms. The highest BCUT2D eigenvalue weighted by Gasteiger charge is 2.22. The molecule has 2 heterocycles. The zero-order chi connectivity index (χ0) is 16.9. The number of pyridine rings is 1. The van der Waals surface area contributed by atoms with Crippen molar-refractivity contribution in [1.82, 2.24) is 15.6 Å². The maximum atomic E-state index is 12.2. The zero-order valence-corrected chi connectivity index (χ0v) is 14.1. The summed E-state index contributed by atoms with van der Waals surface area (Å²) in [7, 11) is 0. The van der Waals surface area contributed by atoms with Gasteiger partial charge in [-0.25, -0.2) is 4.98 Å². The minimum absolute atomic E-state index is 0.0365. The summed E-state index contributed by atoms with van der Waals surface area (Å²) >= 11 is 0. The molecule has 2 N–H and O–H groups in total. The second kappa shape index (κ2) is 7.45. The Morgan fingerprint density at radius 1 is 1.29 bits per heavy atom. The van der Waals surface area contributed by atoms with Crippen LogP contribution in [0.4, 0.5) is 0 Å². The molecule has 1 atom stereocenters. The third kappa shape index (κ3) is 3.74. The summed E-state index contributed by atoms with van der Waals surface area (Å²) in [5.41, 5.74) is 2.99. The predicted molar refractivity (Wildman–Crippen MR) is 93.1 cm³/mol. The minimum atomic E-state index is -0.0790. The van der Waals surface area contributed by atoms with E-state index in [2.05, 4.69) is 15.6 Å². The Morgan fingerprint density at radius 3 is 2.79 bits per heavy atom. The summed E-state index contributed by atoms with van der Waals surface area (Å²) in [6, 6.07) is 9.73. The van der Waals surface area contributed by atoms with Gasteiger partial charge in [-0.1, -0.05) is 24.3 Å². The van der Waals surface area contributed by atoms with Gasteiger partial charge >= 0.3 is 0 Å². The molecule has 0 radical (unpaired) electrons. The molecule has 126 valence electrons. The molecule has 3 rings (SSSR count). The fraction of sp³-hybridized carbons (Fsp3) is 0.368. The lowest BCUT2D eigenvalue weighted by atomic mass is 10.1. The number of aryl methyl sites for hydroxylation is 2. The highest BCUT2D eigenvalue weighted by molar-refractivity contribution is 5.82. The average Bonchev–Trinajstić information content (AvgIpc) is 3.12. The molecule has 1 amide bonds. The Hall–Kier alpha value is -2.40. The number of aromatic nitrogens is 1. The average molecular weight is 325 g/mol. The van der Waals surface area contributed by atoms with Crippen LogP contribution in [0.1, 0.15) is 29.5 Å². The molecule has 1 fully saturated rings. The lowest BCUT2D eigenvalue weighted by Crippen LogP contribution is -2.40. The molecule has 1 aliphatic rings. The monoisotopic (exact) mass is 325 g/mol.